The molecule has 0 fully saturated rings. The third-order valence-electron chi connectivity index (χ3n) is 4.51. The Balaban J connectivity index is 2.80. The summed E-state index contributed by atoms with van der Waals surface area (Å²) in [6.45, 7) is 6.99. The second-order valence-electron chi connectivity index (χ2n) is 7.99. The van der Waals surface area contributed by atoms with Crippen LogP contribution in [-0.4, -0.2) is 64.6 Å². The van der Waals surface area contributed by atoms with Crippen molar-refractivity contribution in [2.75, 3.05) is 18.5 Å². The number of carbonyl (C=O) groups excluding carboxylic acids is 2. The second-order valence-corrected chi connectivity index (χ2v) is 7.99. The minimum Gasteiger partial charge on any atom is -0.394 e. The zero-order valence-electron chi connectivity index (χ0n) is 17.6. The average molecular weight is 410 g/mol. The van der Waals surface area contributed by atoms with Crippen LogP contribution in [-0.2, 0) is 9.59 Å². The Morgan fingerprint density at radius 2 is 1.59 bits per heavy atom. The lowest BCUT2D eigenvalue weighted by Crippen LogP contribution is -2.55. The highest BCUT2D eigenvalue weighted by atomic mass is 16.4. The number of nitrogens with one attached hydrogen (secondary N) is 3. The molecule has 8 heteroatoms. The first-order valence-corrected chi connectivity index (χ1v) is 10.0. The van der Waals surface area contributed by atoms with E-state index in [-0.39, 0.29) is 30.2 Å². The highest BCUT2D eigenvalue weighted by Crippen LogP contribution is 2.11. The average Bonchev–Trinajstić information content (AvgIpc) is 2.66. The molecule has 0 aliphatic rings. The molecule has 0 unspecified atom stereocenters. The third kappa shape index (κ3) is 8.91. The molecule has 1 aromatic carbocycles. The maximum Gasteiger partial charge on any atom is 0.246 e. The van der Waals surface area contributed by atoms with Crippen molar-refractivity contribution < 1.29 is 24.9 Å². The number of aliphatic hydroxyl groups is 3. The van der Waals surface area contributed by atoms with Gasteiger partial charge in [0, 0.05) is 12.2 Å². The predicted molar refractivity (Wildman–Crippen MR) is 112 cm³/mol. The fourth-order valence-electron chi connectivity index (χ4n) is 2.85. The minimum atomic E-state index is -1.29. The van der Waals surface area contributed by atoms with Gasteiger partial charge in [0.15, 0.2) is 0 Å². The lowest BCUT2D eigenvalue weighted by Gasteiger charge is -2.27. The van der Waals surface area contributed by atoms with Crippen molar-refractivity contribution in [2.24, 2.45) is 11.8 Å². The molecular weight excluding hydrogens is 374 g/mol. The topological polar surface area (TPSA) is 131 Å². The van der Waals surface area contributed by atoms with Crippen LogP contribution in [0.5, 0.6) is 0 Å². The van der Waals surface area contributed by atoms with Crippen molar-refractivity contribution in [1.29, 1.82) is 0 Å². The van der Waals surface area contributed by atoms with Gasteiger partial charge in [0.25, 0.3) is 0 Å². The van der Waals surface area contributed by atoms with Gasteiger partial charge in [0.2, 0.25) is 11.8 Å². The fourth-order valence-corrected chi connectivity index (χ4v) is 2.85. The molecule has 0 radical (unpaired) electrons. The largest absolute Gasteiger partial charge is 0.394 e. The highest BCUT2D eigenvalue weighted by molar-refractivity contribution is 5.97. The molecule has 0 saturated heterocycles. The molecule has 0 saturated carbocycles. The standard InChI is InChI=1S/C21H35N3O5/c1-13(2)10-16(20(28)23-15-8-6-5-7-9-15)24-21(29)19(14(3)4)22-11-17(26)18(27)12-25/h5-9,13-14,16-19,22,25-27H,10-12H2,1-4H3,(H,23,28)(H,24,29)/t16-,17+,18-,19-/m0/s1. The fraction of sp³-hybridized carbons (Fsp3) is 0.619. The summed E-state index contributed by atoms with van der Waals surface area (Å²) in [4.78, 5) is 25.6. The number of amides is 2. The maximum atomic E-state index is 12.8. The molecule has 2 amide bonds. The molecule has 0 heterocycles. The van der Waals surface area contributed by atoms with E-state index < -0.39 is 30.9 Å². The first-order valence-electron chi connectivity index (χ1n) is 10.0. The number of benzene rings is 1. The van der Waals surface area contributed by atoms with Crippen molar-refractivity contribution in [2.45, 2.75) is 58.4 Å². The van der Waals surface area contributed by atoms with E-state index in [0.717, 1.165) is 0 Å². The summed E-state index contributed by atoms with van der Waals surface area (Å²) in [5.74, 6) is -0.588. The highest BCUT2D eigenvalue weighted by Gasteiger charge is 2.29. The third-order valence-corrected chi connectivity index (χ3v) is 4.51. The maximum absolute atomic E-state index is 12.8. The Kier molecular flexibility index (Phi) is 10.8. The van der Waals surface area contributed by atoms with Crippen molar-refractivity contribution in [3.63, 3.8) is 0 Å². The van der Waals surface area contributed by atoms with Gasteiger partial charge in [0.05, 0.1) is 18.8 Å². The van der Waals surface area contributed by atoms with E-state index >= 15 is 0 Å². The van der Waals surface area contributed by atoms with Crippen LogP contribution in [0.4, 0.5) is 5.69 Å². The number of anilines is 1. The summed E-state index contributed by atoms with van der Waals surface area (Å²) in [7, 11) is 0. The normalized spacial score (nSPS) is 15.6. The van der Waals surface area contributed by atoms with Crippen LogP contribution in [0, 0.1) is 11.8 Å². The number of para-hydroxylation sites is 1. The first kappa shape index (κ1) is 25.0. The lowest BCUT2D eigenvalue weighted by molar-refractivity contribution is -0.129. The van der Waals surface area contributed by atoms with E-state index in [1.807, 2.05) is 45.9 Å². The molecule has 1 rings (SSSR count). The van der Waals surface area contributed by atoms with Gasteiger partial charge < -0.3 is 31.3 Å². The number of hydrogen-bond acceptors (Lipinski definition) is 6. The zero-order valence-corrected chi connectivity index (χ0v) is 17.6. The number of hydrogen-bond donors (Lipinski definition) is 6. The zero-order chi connectivity index (χ0) is 22.0. The van der Waals surface area contributed by atoms with Crippen LogP contribution in [0.3, 0.4) is 0 Å². The molecule has 0 aliphatic heterocycles. The molecular formula is C21H35N3O5. The molecule has 0 aliphatic carbocycles. The van der Waals surface area contributed by atoms with Crippen molar-refractivity contribution in [3.05, 3.63) is 30.3 Å². The molecule has 4 atom stereocenters. The Hall–Kier alpha value is -2.00. The lowest BCUT2D eigenvalue weighted by atomic mass is 9.99. The summed E-state index contributed by atoms with van der Waals surface area (Å²) in [6, 6.07) is 7.65. The van der Waals surface area contributed by atoms with E-state index in [9.17, 15) is 19.8 Å². The van der Waals surface area contributed by atoms with Gasteiger partial charge in [0.1, 0.15) is 12.1 Å². The summed E-state index contributed by atoms with van der Waals surface area (Å²) < 4.78 is 0. The quantitative estimate of drug-likeness (QED) is 0.298. The molecule has 6 N–H and O–H groups in total. The summed E-state index contributed by atoms with van der Waals surface area (Å²) >= 11 is 0. The number of carbonyl (C=O) groups is 2. The van der Waals surface area contributed by atoms with Gasteiger partial charge in [-0.05, 0) is 30.4 Å². The van der Waals surface area contributed by atoms with Crippen LogP contribution < -0.4 is 16.0 Å². The number of rotatable bonds is 12. The van der Waals surface area contributed by atoms with E-state index in [4.69, 9.17) is 5.11 Å². The molecule has 0 aromatic heterocycles. The van der Waals surface area contributed by atoms with Crippen molar-refractivity contribution in [3.8, 4) is 0 Å². The van der Waals surface area contributed by atoms with Gasteiger partial charge in [-0.25, -0.2) is 0 Å². The molecule has 1 aromatic rings. The first-order chi connectivity index (χ1) is 13.6. The SMILES string of the molecule is CC(C)C[C@H](NC(=O)[C@@H](NC[C@@H](O)[C@@H](O)CO)C(C)C)C(=O)Nc1ccccc1. The molecule has 8 nitrogen and oxygen atoms in total. The Morgan fingerprint density at radius 1 is 0.966 bits per heavy atom. The summed E-state index contributed by atoms with van der Waals surface area (Å²) in [5, 5.41) is 36.8. The van der Waals surface area contributed by atoms with Gasteiger partial charge in [-0.1, -0.05) is 45.9 Å². The molecule has 29 heavy (non-hydrogen) atoms. The number of aliphatic hydroxyl groups excluding tert-OH is 3. The Morgan fingerprint density at radius 3 is 2.10 bits per heavy atom. The van der Waals surface area contributed by atoms with Crippen molar-refractivity contribution in [1.82, 2.24) is 10.6 Å². The summed E-state index contributed by atoms with van der Waals surface area (Å²) in [6.07, 6.45) is -2.02. The minimum absolute atomic E-state index is 0.0664. The smallest absolute Gasteiger partial charge is 0.246 e. The van der Waals surface area contributed by atoms with E-state index in [1.54, 1.807) is 12.1 Å². The molecule has 0 bridgehead atoms. The van der Waals surface area contributed by atoms with Gasteiger partial charge >= 0.3 is 0 Å². The Bertz CT molecular complexity index is 624. The van der Waals surface area contributed by atoms with E-state index in [0.29, 0.717) is 12.1 Å². The molecule has 164 valence electrons. The van der Waals surface area contributed by atoms with Gasteiger partial charge in [-0.15, -0.1) is 0 Å². The van der Waals surface area contributed by atoms with E-state index in [1.165, 1.54) is 0 Å². The van der Waals surface area contributed by atoms with Crippen LogP contribution >= 0.6 is 0 Å². The van der Waals surface area contributed by atoms with Crippen molar-refractivity contribution >= 4 is 17.5 Å². The van der Waals surface area contributed by atoms with E-state index in [2.05, 4.69) is 16.0 Å². The van der Waals surface area contributed by atoms with Crippen LogP contribution in [0.1, 0.15) is 34.1 Å². The van der Waals surface area contributed by atoms with Gasteiger partial charge in [-0.3, -0.25) is 9.59 Å². The van der Waals surface area contributed by atoms with Crippen LogP contribution in [0.2, 0.25) is 0 Å². The Labute approximate surface area is 172 Å². The second kappa shape index (κ2) is 12.5. The van der Waals surface area contributed by atoms with Crippen LogP contribution in [0.15, 0.2) is 30.3 Å². The van der Waals surface area contributed by atoms with Gasteiger partial charge in [-0.2, -0.15) is 0 Å². The molecule has 0 spiro atoms. The monoisotopic (exact) mass is 409 g/mol. The van der Waals surface area contributed by atoms with Crippen LogP contribution in [0.25, 0.3) is 0 Å². The predicted octanol–water partition coefficient (Wildman–Crippen LogP) is 0.484. The summed E-state index contributed by atoms with van der Waals surface area (Å²) in [5.41, 5.74) is 0.653.